The van der Waals surface area contributed by atoms with E-state index >= 15 is 0 Å². The second-order valence-corrected chi connectivity index (χ2v) is 7.18. The van der Waals surface area contributed by atoms with Crippen LogP contribution in [0.4, 0.5) is 0 Å². The van der Waals surface area contributed by atoms with E-state index in [-0.39, 0.29) is 0 Å². The van der Waals surface area contributed by atoms with Gasteiger partial charge in [0.05, 0.1) is 10.7 Å². The van der Waals surface area contributed by atoms with Crippen molar-refractivity contribution in [1.29, 1.82) is 0 Å². The summed E-state index contributed by atoms with van der Waals surface area (Å²) in [7, 11) is 0. The van der Waals surface area contributed by atoms with Crippen LogP contribution in [0.2, 0.25) is 0 Å². The van der Waals surface area contributed by atoms with Gasteiger partial charge in [-0.25, -0.2) is 4.98 Å². The molecule has 0 aliphatic heterocycles. The predicted molar refractivity (Wildman–Crippen MR) is 83.2 cm³/mol. The van der Waals surface area contributed by atoms with Crippen molar-refractivity contribution < 1.29 is 0 Å². The van der Waals surface area contributed by atoms with Gasteiger partial charge < -0.3 is 5.32 Å². The Bertz CT molecular complexity index is 582. The van der Waals surface area contributed by atoms with Crippen molar-refractivity contribution in [3.05, 3.63) is 51.5 Å². The molecule has 2 fully saturated rings. The summed E-state index contributed by atoms with van der Waals surface area (Å²) in [4.78, 5) is 6.44. The molecule has 2 aliphatic rings. The highest BCUT2D eigenvalue weighted by Gasteiger charge is 2.30. The molecular weight excluding hydrogens is 264 g/mol. The number of hydrogen-bond donors (Lipinski definition) is 1. The number of rotatable bonds is 6. The lowest BCUT2D eigenvalue weighted by atomic mass is 10.2. The third-order valence-corrected chi connectivity index (χ3v) is 5.13. The first-order valence-electron chi connectivity index (χ1n) is 7.64. The summed E-state index contributed by atoms with van der Waals surface area (Å²) in [5.74, 6) is 0.756. The van der Waals surface area contributed by atoms with Crippen LogP contribution in [0.15, 0.2) is 30.3 Å². The molecule has 0 saturated heterocycles. The van der Waals surface area contributed by atoms with Crippen LogP contribution in [0.3, 0.4) is 0 Å². The second-order valence-electron chi connectivity index (χ2n) is 6.01. The molecule has 1 aromatic heterocycles. The first-order chi connectivity index (χ1) is 9.88. The van der Waals surface area contributed by atoms with Crippen LogP contribution in [0.1, 0.15) is 52.7 Å². The summed E-state index contributed by atoms with van der Waals surface area (Å²) < 4.78 is 0. The van der Waals surface area contributed by atoms with Gasteiger partial charge in [-0.15, -0.1) is 11.3 Å². The molecule has 2 aliphatic carbocycles. The molecule has 2 aromatic rings. The Kier molecular flexibility index (Phi) is 3.32. The molecule has 0 bridgehead atoms. The maximum absolute atomic E-state index is 4.94. The first kappa shape index (κ1) is 12.5. The van der Waals surface area contributed by atoms with E-state index in [2.05, 4.69) is 35.6 Å². The van der Waals surface area contributed by atoms with Crippen molar-refractivity contribution in [3.8, 4) is 0 Å². The number of benzene rings is 1. The molecule has 2 saturated carbocycles. The van der Waals surface area contributed by atoms with Gasteiger partial charge in [-0.05, 0) is 31.2 Å². The van der Waals surface area contributed by atoms with Crippen LogP contribution in [0.5, 0.6) is 0 Å². The van der Waals surface area contributed by atoms with E-state index in [1.807, 2.05) is 11.3 Å². The van der Waals surface area contributed by atoms with Gasteiger partial charge in [0.25, 0.3) is 0 Å². The van der Waals surface area contributed by atoms with Crippen LogP contribution < -0.4 is 5.32 Å². The maximum Gasteiger partial charge on any atom is 0.0975 e. The van der Waals surface area contributed by atoms with E-state index in [1.165, 1.54) is 46.8 Å². The molecular formula is C17H20N2S. The minimum Gasteiger partial charge on any atom is -0.309 e. The zero-order chi connectivity index (χ0) is 13.4. The van der Waals surface area contributed by atoms with Crippen molar-refractivity contribution in [2.24, 2.45) is 0 Å². The van der Waals surface area contributed by atoms with Crippen molar-refractivity contribution >= 4 is 11.3 Å². The number of nitrogens with zero attached hydrogens (tertiary/aromatic N) is 1. The summed E-state index contributed by atoms with van der Waals surface area (Å²) in [6, 6.07) is 11.5. The van der Waals surface area contributed by atoms with Gasteiger partial charge in [0.15, 0.2) is 0 Å². The summed E-state index contributed by atoms with van der Waals surface area (Å²) in [5.41, 5.74) is 2.76. The van der Waals surface area contributed by atoms with E-state index in [0.717, 1.165) is 24.9 Å². The van der Waals surface area contributed by atoms with E-state index in [0.29, 0.717) is 0 Å². The highest BCUT2D eigenvalue weighted by Crippen LogP contribution is 2.43. The molecule has 1 heterocycles. The van der Waals surface area contributed by atoms with Gasteiger partial charge in [0.1, 0.15) is 0 Å². The Morgan fingerprint density at radius 2 is 1.90 bits per heavy atom. The normalized spacial score (nSPS) is 18.4. The fourth-order valence-electron chi connectivity index (χ4n) is 2.59. The van der Waals surface area contributed by atoms with E-state index in [4.69, 9.17) is 4.98 Å². The molecule has 1 N–H and O–H groups in total. The van der Waals surface area contributed by atoms with Gasteiger partial charge in [0.2, 0.25) is 0 Å². The second kappa shape index (κ2) is 5.30. The smallest absolute Gasteiger partial charge is 0.0975 e. The van der Waals surface area contributed by atoms with Crippen molar-refractivity contribution in [3.63, 3.8) is 0 Å². The lowest BCUT2D eigenvalue weighted by molar-refractivity contribution is 0.688. The van der Waals surface area contributed by atoms with Gasteiger partial charge in [0, 0.05) is 29.8 Å². The molecule has 4 rings (SSSR count). The Hall–Kier alpha value is -1.19. The molecule has 0 unspecified atom stereocenters. The summed E-state index contributed by atoms with van der Waals surface area (Å²) in [5, 5.41) is 4.93. The molecule has 0 spiro atoms. The molecule has 3 heteroatoms. The number of nitrogens with one attached hydrogen (secondary N) is 1. The monoisotopic (exact) mass is 284 g/mol. The van der Waals surface area contributed by atoms with Crippen molar-refractivity contribution in [1.82, 2.24) is 10.3 Å². The summed E-state index contributed by atoms with van der Waals surface area (Å²) >= 11 is 1.92. The Morgan fingerprint density at radius 3 is 2.60 bits per heavy atom. The van der Waals surface area contributed by atoms with Crippen LogP contribution in [0, 0.1) is 0 Å². The highest BCUT2D eigenvalue weighted by atomic mass is 32.1. The lowest BCUT2D eigenvalue weighted by Gasteiger charge is -2.01. The van der Waals surface area contributed by atoms with Crippen molar-refractivity contribution in [2.75, 3.05) is 0 Å². The highest BCUT2D eigenvalue weighted by molar-refractivity contribution is 7.11. The zero-order valence-corrected chi connectivity index (χ0v) is 12.5. The van der Waals surface area contributed by atoms with Gasteiger partial charge in [-0.2, -0.15) is 0 Å². The number of hydrogen-bond acceptors (Lipinski definition) is 3. The van der Waals surface area contributed by atoms with E-state index in [1.54, 1.807) is 0 Å². The molecule has 2 nitrogen and oxygen atoms in total. The first-order valence-corrected chi connectivity index (χ1v) is 8.46. The van der Waals surface area contributed by atoms with Gasteiger partial charge in [-0.1, -0.05) is 30.3 Å². The topological polar surface area (TPSA) is 24.9 Å². The number of aromatic nitrogens is 1. The SMILES string of the molecule is c1ccc(Cc2nc(C3CC3)c(CNC3CC3)s2)cc1. The standard InChI is InChI=1S/C17H20N2S/c1-2-4-12(5-3-1)10-16-19-17(13-6-7-13)15(20-16)11-18-14-8-9-14/h1-5,13-14,18H,6-11H2. The average molecular weight is 284 g/mol. The molecule has 20 heavy (non-hydrogen) atoms. The number of thiazole rings is 1. The third-order valence-electron chi connectivity index (χ3n) is 4.06. The maximum atomic E-state index is 4.94. The van der Waals surface area contributed by atoms with Crippen LogP contribution in [-0.4, -0.2) is 11.0 Å². The molecule has 0 atom stereocenters. The molecule has 1 aromatic carbocycles. The largest absolute Gasteiger partial charge is 0.309 e. The Labute approximate surface area is 124 Å². The Morgan fingerprint density at radius 1 is 1.10 bits per heavy atom. The molecule has 104 valence electrons. The average Bonchev–Trinajstić information content (AvgIpc) is 3.38. The summed E-state index contributed by atoms with van der Waals surface area (Å²) in [6.07, 6.45) is 6.37. The van der Waals surface area contributed by atoms with E-state index < -0.39 is 0 Å². The van der Waals surface area contributed by atoms with Crippen LogP contribution >= 0.6 is 11.3 Å². The summed E-state index contributed by atoms with van der Waals surface area (Å²) in [6.45, 7) is 1.03. The third kappa shape index (κ3) is 2.94. The van der Waals surface area contributed by atoms with Crippen LogP contribution in [-0.2, 0) is 13.0 Å². The van der Waals surface area contributed by atoms with Crippen LogP contribution in [0.25, 0.3) is 0 Å². The van der Waals surface area contributed by atoms with Gasteiger partial charge in [-0.3, -0.25) is 0 Å². The molecule has 0 radical (unpaired) electrons. The minimum absolute atomic E-state index is 0.756. The minimum atomic E-state index is 0.756. The zero-order valence-electron chi connectivity index (χ0n) is 11.6. The van der Waals surface area contributed by atoms with Gasteiger partial charge >= 0.3 is 0 Å². The predicted octanol–water partition coefficient (Wildman–Crippen LogP) is 3.86. The van der Waals surface area contributed by atoms with E-state index in [9.17, 15) is 0 Å². The fraction of sp³-hybridized carbons (Fsp3) is 0.471. The molecule has 0 amide bonds. The van der Waals surface area contributed by atoms with Crippen molar-refractivity contribution in [2.45, 2.75) is 50.6 Å². The lowest BCUT2D eigenvalue weighted by Crippen LogP contribution is -2.15. The Balaban J connectivity index is 1.52. The fourth-order valence-corrected chi connectivity index (χ4v) is 3.73. The quantitative estimate of drug-likeness (QED) is 0.871.